The van der Waals surface area contributed by atoms with E-state index in [2.05, 4.69) is 37.9 Å². The third kappa shape index (κ3) is 8.40. The molecule has 1 heterocycles. The second-order valence-corrected chi connectivity index (χ2v) is 11.5. The van der Waals surface area contributed by atoms with Crippen molar-refractivity contribution in [1.29, 1.82) is 0 Å². The van der Waals surface area contributed by atoms with Gasteiger partial charge in [-0.1, -0.05) is 63.6 Å². The van der Waals surface area contributed by atoms with Gasteiger partial charge in [0.25, 0.3) is 5.91 Å². The number of unbranched alkanes of at least 4 members (excludes halogenated alkanes) is 1. The number of rotatable bonds is 15. The van der Waals surface area contributed by atoms with Crippen molar-refractivity contribution in [2.75, 3.05) is 33.9 Å². The highest BCUT2D eigenvalue weighted by Crippen LogP contribution is 2.28. The van der Waals surface area contributed by atoms with Gasteiger partial charge in [0.1, 0.15) is 6.54 Å². The monoisotopic (exact) mass is 583 g/mol. The summed E-state index contributed by atoms with van der Waals surface area (Å²) in [6.45, 7) is 7.70. The van der Waals surface area contributed by atoms with Crippen molar-refractivity contribution in [3.05, 3.63) is 95.2 Å². The summed E-state index contributed by atoms with van der Waals surface area (Å²) in [6.07, 6.45) is 5.95. The van der Waals surface area contributed by atoms with Crippen molar-refractivity contribution in [3.63, 3.8) is 0 Å². The van der Waals surface area contributed by atoms with E-state index in [-0.39, 0.29) is 24.3 Å². The highest BCUT2D eigenvalue weighted by molar-refractivity contribution is 5.96. The number of nitrogens with zero attached hydrogens (tertiary/aromatic N) is 2. The van der Waals surface area contributed by atoms with Gasteiger partial charge in [-0.25, -0.2) is 0 Å². The first-order valence-electron chi connectivity index (χ1n) is 15.2. The Morgan fingerprint density at radius 2 is 1.58 bits per heavy atom. The van der Waals surface area contributed by atoms with Gasteiger partial charge in [-0.3, -0.25) is 9.59 Å². The van der Waals surface area contributed by atoms with Crippen LogP contribution in [-0.4, -0.2) is 60.5 Å². The lowest BCUT2D eigenvalue weighted by atomic mass is 10.1. The number of fused-ring (bicyclic) bond motifs is 1. The number of carbonyl (C=O) groups excluding carboxylic acids is 2. The number of methoxy groups -OCH3 is 2. The Bertz CT molecular complexity index is 1490. The van der Waals surface area contributed by atoms with E-state index in [4.69, 9.17) is 9.47 Å². The van der Waals surface area contributed by atoms with Crippen LogP contribution < -0.4 is 9.47 Å². The fraction of sp³-hybridized carbons (Fsp3) is 0.389. The minimum Gasteiger partial charge on any atom is -0.493 e. The molecule has 4 rings (SSSR count). The van der Waals surface area contributed by atoms with E-state index in [1.165, 1.54) is 5.56 Å². The Morgan fingerprint density at radius 1 is 0.860 bits per heavy atom. The first kappa shape index (κ1) is 31.7. The van der Waals surface area contributed by atoms with Gasteiger partial charge >= 0.3 is 0 Å². The number of hydrogen-bond donors (Lipinski definition) is 1. The van der Waals surface area contributed by atoms with Gasteiger partial charge in [0, 0.05) is 42.3 Å². The molecule has 3 aromatic carbocycles. The average Bonchev–Trinajstić information content (AvgIpc) is 3.44. The molecular weight excluding hydrogens is 538 g/mol. The molecule has 43 heavy (non-hydrogen) atoms. The number of hydrogen-bond acceptors (Lipinski definition) is 4. The van der Waals surface area contributed by atoms with Crippen molar-refractivity contribution in [3.8, 4) is 11.5 Å². The van der Waals surface area contributed by atoms with Crippen LogP contribution in [0.4, 0.5) is 0 Å². The lowest BCUT2D eigenvalue weighted by Crippen LogP contribution is -2.44. The minimum absolute atomic E-state index is 0.00970. The maximum atomic E-state index is 14.0. The zero-order valence-electron chi connectivity index (χ0n) is 26.2. The SMILES string of the molecule is CCCCc1ccc(C(=O)N(CC(=O)N(CCc2c[nH]c3ccccc23)Cc2ccc(OC)c(OC)c2)CC(C)C)cc1. The fourth-order valence-corrected chi connectivity index (χ4v) is 5.39. The number of benzene rings is 3. The van der Waals surface area contributed by atoms with Gasteiger partial charge in [-0.2, -0.15) is 0 Å². The predicted molar refractivity (Wildman–Crippen MR) is 173 cm³/mol. The smallest absolute Gasteiger partial charge is 0.254 e. The molecule has 4 aromatic rings. The van der Waals surface area contributed by atoms with Crippen molar-refractivity contribution >= 4 is 22.7 Å². The molecule has 0 radical (unpaired) electrons. The van der Waals surface area contributed by atoms with Gasteiger partial charge in [-0.05, 0) is 72.2 Å². The molecule has 0 unspecified atom stereocenters. The third-order valence-electron chi connectivity index (χ3n) is 7.72. The first-order chi connectivity index (χ1) is 20.8. The summed E-state index contributed by atoms with van der Waals surface area (Å²) in [4.78, 5) is 34.6. The molecule has 0 bridgehead atoms. The number of aromatic amines is 1. The highest BCUT2D eigenvalue weighted by atomic mass is 16.5. The maximum absolute atomic E-state index is 14.0. The number of nitrogens with one attached hydrogen (secondary N) is 1. The first-order valence-corrected chi connectivity index (χ1v) is 15.2. The van der Waals surface area contributed by atoms with Crippen LogP contribution in [-0.2, 0) is 24.2 Å². The molecule has 0 saturated heterocycles. The molecule has 7 heteroatoms. The summed E-state index contributed by atoms with van der Waals surface area (Å²) >= 11 is 0. The highest BCUT2D eigenvalue weighted by Gasteiger charge is 2.24. The number of amides is 2. The largest absolute Gasteiger partial charge is 0.493 e. The van der Waals surface area contributed by atoms with Gasteiger partial charge in [0.2, 0.25) is 5.91 Å². The van der Waals surface area contributed by atoms with E-state index < -0.39 is 0 Å². The molecule has 0 atom stereocenters. The number of para-hydroxylation sites is 1. The fourth-order valence-electron chi connectivity index (χ4n) is 5.39. The van der Waals surface area contributed by atoms with Crippen LogP contribution >= 0.6 is 0 Å². The Labute approximate surface area is 255 Å². The zero-order valence-corrected chi connectivity index (χ0v) is 26.2. The molecule has 228 valence electrons. The Hall–Kier alpha value is -4.26. The second-order valence-electron chi connectivity index (χ2n) is 11.5. The van der Waals surface area contributed by atoms with Gasteiger partial charge < -0.3 is 24.3 Å². The summed E-state index contributed by atoms with van der Waals surface area (Å²) in [6, 6.07) is 21.7. The van der Waals surface area contributed by atoms with E-state index in [0.29, 0.717) is 43.1 Å². The van der Waals surface area contributed by atoms with Crippen LogP contribution in [0.1, 0.15) is 60.7 Å². The summed E-state index contributed by atoms with van der Waals surface area (Å²) in [5.74, 6) is 1.25. The van der Waals surface area contributed by atoms with Gasteiger partial charge in [-0.15, -0.1) is 0 Å². The summed E-state index contributed by atoms with van der Waals surface area (Å²) in [5.41, 5.74) is 4.99. The number of aromatic nitrogens is 1. The van der Waals surface area contributed by atoms with Gasteiger partial charge in [0.15, 0.2) is 11.5 Å². The van der Waals surface area contributed by atoms with E-state index in [0.717, 1.165) is 41.3 Å². The Kier molecular flexibility index (Phi) is 11.3. The third-order valence-corrected chi connectivity index (χ3v) is 7.72. The van der Waals surface area contributed by atoms with E-state index in [1.54, 1.807) is 19.1 Å². The Balaban J connectivity index is 1.56. The predicted octanol–water partition coefficient (Wildman–Crippen LogP) is 6.90. The molecule has 1 aromatic heterocycles. The molecule has 2 amide bonds. The maximum Gasteiger partial charge on any atom is 0.254 e. The zero-order chi connectivity index (χ0) is 30.8. The number of ether oxygens (including phenoxy) is 2. The molecule has 0 fully saturated rings. The minimum atomic E-state index is -0.119. The average molecular weight is 584 g/mol. The molecule has 7 nitrogen and oxygen atoms in total. The summed E-state index contributed by atoms with van der Waals surface area (Å²) in [5, 5.41) is 1.15. The van der Waals surface area contributed by atoms with E-state index >= 15 is 0 Å². The number of carbonyl (C=O) groups is 2. The van der Waals surface area contributed by atoms with Crippen molar-refractivity contribution in [2.24, 2.45) is 5.92 Å². The van der Waals surface area contributed by atoms with Crippen molar-refractivity contribution in [1.82, 2.24) is 14.8 Å². The lowest BCUT2D eigenvalue weighted by molar-refractivity contribution is -0.132. The van der Waals surface area contributed by atoms with Crippen LogP contribution in [0.3, 0.4) is 0 Å². The molecule has 0 spiro atoms. The summed E-state index contributed by atoms with van der Waals surface area (Å²) in [7, 11) is 3.21. The topological polar surface area (TPSA) is 74.9 Å². The Morgan fingerprint density at radius 3 is 2.28 bits per heavy atom. The van der Waals surface area contributed by atoms with Crippen LogP contribution in [0, 0.1) is 5.92 Å². The lowest BCUT2D eigenvalue weighted by Gasteiger charge is -2.29. The quantitative estimate of drug-likeness (QED) is 0.165. The normalized spacial score (nSPS) is 11.1. The van der Waals surface area contributed by atoms with E-state index in [1.807, 2.05) is 65.7 Å². The standard InChI is InChI=1S/C36H45N3O4/c1-6-7-10-27-13-16-29(17-14-27)36(41)39(23-26(2)3)25-35(40)38(24-28-15-18-33(42-4)34(21-28)43-5)20-19-30-22-37-32-12-9-8-11-31(30)32/h8-9,11-18,21-22,26,37H,6-7,10,19-20,23-25H2,1-5H3. The van der Waals surface area contributed by atoms with Crippen molar-refractivity contribution < 1.29 is 19.1 Å². The summed E-state index contributed by atoms with van der Waals surface area (Å²) < 4.78 is 10.9. The van der Waals surface area contributed by atoms with Crippen LogP contribution in [0.15, 0.2) is 72.9 Å². The molecular formula is C36H45N3O4. The molecule has 0 aliphatic rings. The van der Waals surface area contributed by atoms with Crippen LogP contribution in [0.25, 0.3) is 10.9 Å². The number of H-pyrrole nitrogens is 1. The molecule has 0 saturated carbocycles. The second kappa shape index (κ2) is 15.3. The molecule has 0 aliphatic carbocycles. The molecule has 1 N–H and O–H groups in total. The number of aryl methyl sites for hydroxylation is 1. The van der Waals surface area contributed by atoms with Gasteiger partial charge in [0.05, 0.1) is 14.2 Å². The van der Waals surface area contributed by atoms with Crippen LogP contribution in [0.5, 0.6) is 11.5 Å². The van der Waals surface area contributed by atoms with E-state index in [9.17, 15) is 9.59 Å². The van der Waals surface area contributed by atoms with Crippen molar-refractivity contribution in [2.45, 2.75) is 53.0 Å². The van der Waals surface area contributed by atoms with Crippen LogP contribution in [0.2, 0.25) is 0 Å². The molecule has 0 aliphatic heterocycles.